The number of carboxylic acid groups (broad SMARTS) is 1. The second-order valence-corrected chi connectivity index (χ2v) is 14.6. The number of aliphatic carboxylic acids is 1. The number of ketones is 2. The first kappa shape index (κ1) is 32.9. The molecule has 1 heterocycles. The average molecular weight is 649 g/mol. The molecule has 2 aromatic rings. The van der Waals surface area contributed by atoms with Gasteiger partial charge in [-0.05, 0) is 98.0 Å². The third-order valence-electron chi connectivity index (χ3n) is 12.3. The molecule has 7 atom stereocenters. The zero-order valence-corrected chi connectivity index (χ0v) is 27.0. The Morgan fingerprint density at radius 1 is 1.04 bits per heavy atom. The molecule has 1 amide bonds. The summed E-state index contributed by atoms with van der Waals surface area (Å²) in [5.74, 6) is -2.07. The van der Waals surface area contributed by atoms with Crippen LogP contribution in [-0.4, -0.2) is 68.0 Å². The molecule has 0 bridgehead atoms. The SMILES string of the molecule is C[C@]12CCC(=O)C=C1CCC1C2CC[C@@]2(C)C1CC[C@]2(O)C(=O)COC(=O)CCC(=O)NC(Cc1c[nH]c2ccc(O)cc12)C(=O)O. The van der Waals surface area contributed by atoms with Crippen LogP contribution in [-0.2, 0) is 35.1 Å². The van der Waals surface area contributed by atoms with Crippen LogP contribution in [0.2, 0.25) is 0 Å². The van der Waals surface area contributed by atoms with E-state index in [2.05, 4.69) is 17.2 Å². The average Bonchev–Trinajstić information content (AvgIpc) is 3.56. The second kappa shape index (κ2) is 12.2. The fourth-order valence-corrected chi connectivity index (χ4v) is 9.61. The van der Waals surface area contributed by atoms with Crippen molar-refractivity contribution in [2.45, 2.75) is 96.1 Å². The van der Waals surface area contributed by atoms with Crippen molar-refractivity contribution >= 4 is 40.3 Å². The molecule has 5 N–H and O–H groups in total. The van der Waals surface area contributed by atoms with Crippen LogP contribution in [0.25, 0.3) is 10.9 Å². The highest BCUT2D eigenvalue weighted by atomic mass is 16.5. The fraction of sp³-hybridized carbons (Fsp3) is 0.583. The quantitative estimate of drug-likeness (QED) is 0.236. The van der Waals surface area contributed by atoms with Crippen LogP contribution in [0.3, 0.4) is 0 Å². The molecule has 1 aromatic carbocycles. The van der Waals surface area contributed by atoms with Gasteiger partial charge < -0.3 is 30.4 Å². The summed E-state index contributed by atoms with van der Waals surface area (Å²) in [6.07, 6.45) is 8.55. The number of aliphatic hydroxyl groups is 1. The minimum Gasteiger partial charge on any atom is -0.508 e. The Labute approximate surface area is 273 Å². The topological polar surface area (TPSA) is 183 Å². The van der Waals surface area contributed by atoms with Crippen molar-refractivity contribution in [2.75, 3.05) is 6.61 Å². The van der Waals surface area contributed by atoms with Crippen LogP contribution in [0.5, 0.6) is 5.75 Å². The molecule has 4 aliphatic carbocycles. The predicted molar refractivity (Wildman–Crippen MR) is 170 cm³/mol. The van der Waals surface area contributed by atoms with Gasteiger partial charge in [-0.25, -0.2) is 4.79 Å². The van der Waals surface area contributed by atoms with Gasteiger partial charge in [0.25, 0.3) is 0 Å². The number of carbonyl (C=O) groups is 5. The first-order chi connectivity index (χ1) is 22.2. The van der Waals surface area contributed by atoms with Crippen LogP contribution in [0, 0.1) is 28.6 Å². The van der Waals surface area contributed by atoms with Crippen molar-refractivity contribution in [1.82, 2.24) is 10.3 Å². The third kappa shape index (κ3) is 5.76. The normalized spacial score (nSPS) is 32.0. The number of esters is 1. The van der Waals surface area contributed by atoms with Gasteiger partial charge in [-0.2, -0.15) is 0 Å². The van der Waals surface area contributed by atoms with Crippen LogP contribution in [0.4, 0.5) is 0 Å². The van der Waals surface area contributed by atoms with Crippen molar-refractivity contribution in [2.24, 2.45) is 28.6 Å². The summed E-state index contributed by atoms with van der Waals surface area (Å²) in [6, 6.07) is 3.42. The number of phenols is 1. The van der Waals surface area contributed by atoms with Gasteiger partial charge in [0.1, 0.15) is 17.4 Å². The summed E-state index contributed by atoms with van der Waals surface area (Å²) in [5.41, 5.74) is 0.290. The summed E-state index contributed by atoms with van der Waals surface area (Å²) in [7, 11) is 0. The van der Waals surface area contributed by atoms with Crippen molar-refractivity contribution in [3.63, 3.8) is 0 Å². The molecule has 4 unspecified atom stereocenters. The molecule has 47 heavy (non-hydrogen) atoms. The number of aromatic nitrogens is 1. The molecule has 3 saturated carbocycles. The van der Waals surface area contributed by atoms with Gasteiger partial charge >= 0.3 is 11.9 Å². The number of aromatic amines is 1. The molecular weight excluding hydrogens is 604 g/mol. The highest BCUT2D eigenvalue weighted by Crippen LogP contribution is 2.67. The lowest BCUT2D eigenvalue weighted by molar-refractivity contribution is -0.170. The van der Waals surface area contributed by atoms with Gasteiger partial charge in [-0.15, -0.1) is 0 Å². The molecule has 11 heteroatoms. The van der Waals surface area contributed by atoms with Crippen molar-refractivity contribution < 1.29 is 44.0 Å². The molecule has 0 radical (unpaired) electrons. The number of hydrogen-bond donors (Lipinski definition) is 5. The number of benzene rings is 1. The Balaban J connectivity index is 1.01. The van der Waals surface area contributed by atoms with Gasteiger partial charge in [0, 0.05) is 41.8 Å². The number of H-pyrrole nitrogens is 1. The Hall–Kier alpha value is -3.99. The lowest BCUT2D eigenvalue weighted by atomic mass is 9.46. The maximum absolute atomic E-state index is 13.5. The van der Waals surface area contributed by atoms with Gasteiger partial charge in [0.15, 0.2) is 12.4 Å². The number of amides is 1. The number of nitrogens with one attached hydrogen (secondary N) is 2. The smallest absolute Gasteiger partial charge is 0.326 e. The monoisotopic (exact) mass is 648 g/mol. The number of carboxylic acids is 1. The first-order valence-corrected chi connectivity index (χ1v) is 16.7. The number of aromatic hydroxyl groups is 1. The molecule has 0 aliphatic heterocycles. The Morgan fingerprint density at radius 3 is 2.57 bits per heavy atom. The molecule has 6 rings (SSSR count). The lowest BCUT2D eigenvalue weighted by Gasteiger charge is -2.58. The molecule has 4 aliphatic rings. The fourth-order valence-electron chi connectivity index (χ4n) is 9.61. The third-order valence-corrected chi connectivity index (χ3v) is 12.3. The number of allylic oxidation sites excluding steroid dienone is 1. The minimum absolute atomic E-state index is 0.0183. The summed E-state index contributed by atoms with van der Waals surface area (Å²) < 4.78 is 5.25. The largest absolute Gasteiger partial charge is 0.508 e. The Kier molecular flexibility index (Phi) is 8.57. The molecule has 0 spiro atoms. The predicted octanol–water partition coefficient (Wildman–Crippen LogP) is 4.14. The van der Waals surface area contributed by atoms with Crippen molar-refractivity contribution in [3.8, 4) is 5.75 Å². The van der Waals surface area contributed by atoms with E-state index in [1.54, 1.807) is 12.3 Å². The van der Waals surface area contributed by atoms with E-state index in [1.165, 1.54) is 17.7 Å². The number of Topliss-reactive ketones (excluding diaryl/α,β-unsaturated/α-hetero) is 1. The highest BCUT2D eigenvalue weighted by molar-refractivity contribution is 5.93. The van der Waals surface area contributed by atoms with Crippen molar-refractivity contribution in [3.05, 3.63) is 41.6 Å². The maximum atomic E-state index is 13.5. The number of ether oxygens (including phenoxy) is 1. The summed E-state index contributed by atoms with van der Waals surface area (Å²) in [4.78, 5) is 65.7. The van der Waals surface area contributed by atoms with Gasteiger partial charge in [-0.1, -0.05) is 19.4 Å². The zero-order chi connectivity index (χ0) is 33.7. The summed E-state index contributed by atoms with van der Waals surface area (Å²) in [5, 5.41) is 34.4. The number of phenolic OH excluding ortho intramolecular Hbond substituents is 1. The van der Waals surface area contributed by atoms with Gasteiger partial charge in [0.2, 0.25) is 11.7 Å². The number of carbonyl (C=O) groups excluding carboxylic acids is 4. The van der Waals surface area contributed by atoms with E-state index in [0.29, 0.717) is 54.0 Å². The zero-order valence-electron chi connectivity index (χ0n) is 27.0. The number of rotatable bonds is 10. The minimum atomic E-state index is -1.62. The van der Waals surface area contributed by atoms with Gasteiger partial charge in [-0.3, -0.25) is 19.2 Å². The molecule has 11 nitrogen and oxygen atoms in total. The van der Waals surface area contributed by atoms with Crippen LogP contribution in [0.15, 0.2) is 36.0 Å². The summed E-state index contributed by atoms with van der Waals surface area (Å²) in [6.45, 7) is 3.70. The number of fused-ring (bicyclic) bond motifs is 6. The second-order valence-electron chi connectivity index (χ2n) is 14.6. The van der Waals surface area contributed by atoms with E-state index in [9.17, 15) is 39.3 Å². The maximum Gasteiger partial charge on any atom is 0.326 e. The van der Waals surface area contributed by atoms with Crippen LogP contribution in [0.1, 0.15) is 83.6 Å². The Bertz CT molecular complexity index is 1660. The number of hydrogen-bond acceptors (Lipinski definition) is 8. The van der Waals surface area contributed by atoms with Gasteiger partial charge in [0.05, 0.1) is 6.42 Å². The lowest BCUT2D eigenvalue weighted by Crippen LogP contribution is -2.58. The molecule has 0 saturated heterocycles. The highest BCUT2D eigenvalue weighted by Gasteiger charge is 2.66. The standard InChI is InChI=1S/C36H44N2O9/c1-34-12-9-23(40)16-21(34)3-5-24-26(34)10-13-35(2)27(24)11-14-36(35,46)30(41)19-47-32(43)8-7-31(42)38-29(33(44)45)15-20-18-37-28-6-4-22(39)17-25(20)28/h4,6,16-18,24,26-27,29,37,39,46H,3,5,7-15,19H2,1-2H3,(H,38,42)(H,44,45)/t24?,26?,27?,29?,34-,35-,36-/m0/s1. The van der Waals surface area contributed by atoms with E-state index >= 15 is 0 Å². The van der Waals surface area contributed by atoms with E-state index in [1.807, 2.05) is 13.0 Å². The first-order valence-electron chi connectivity index (χ1n) is 16.7. The Morgan fingerprint density at radius 2 is 1.81 bits per heavy atom. The molecule has 1 aromatic heterocycles. The van der Waals surface area contributed by atoms with E-state index in [0.717, 1.165) is 25.7 Å². The van der Waals surface area contributed by atoms with E-state index < -0.39 is 47.3 Å². The van der Waals surface area contributed by atoms with Crippen molar-refractivity contribution in [1.29, 1.82) is 0 Å². The van der Waals surface area contributed by atoms with E-state index in [4.69, 9.17) is 4.74 Å². The van der Waals surface area contributed by atoms with Crippen LogP contribution < -0.4 is 5.32 Å². The molecular formula is C36H44N2O9. The van der Waals surface area contributed by atoms with E-state index in [-0.39, 0.29) is 42.1 Å². The molecule has 252 valence electrons. The van der Waals surface area contributed by atoms with Crippen LogP contribution >= 0.6 is 0 Å². The summed E-state index contributed by atoms with van der Waals surface area (Å²) >= 11 is 0. The molecule has 3 fully saturated rings.